The minimum Gasteiger partial charge on any atom is -0.452 e. The van der Waals surface area contributed by atoms with Gasteiger partial charge in [-0.2, -0.15) is 0 Å². The topological polar surface area (TPSA) is 91.0 Å². The molecule has 2 rings (SSSR count). The number of carbonyl (C=O) groups excluding carboxylic acids is 1. The summed E-state index contributed by atoms with van der Waals surface area (Å²) in [5.74, 6) is 0.0512. The molecule has 0 aliphatic heterocycles. The second kappa shape index (κ2) is 4.35. The van der Waals surface area contributed by atoms with E-state index in [9.17, 15) is 4.79 Å². The molecule has 0 aliphatic carbocycles. The molecule has 0 radical (unpaired) electrons. The molecule has 0 spiro atoms. The molecule has 0 saturated heterocycles. The minimum absolute atomic E-state index is 0.0753. The number of amides is 1. The molecule has 0 saturated carbocycles. The van der Waals surface area contributed by atoms with E-state index in [-0.39, 0.29) is 11.4 Å². The van der Waals surface area contributed by atoms with E-state index < -0.39 is 5.91 Å². The van der Waals surface area contributed by atoms with E-state index in [0.717, 1.165) is 0 Å². The third-order valence-electron chi connectivity index (χ3n) is 1.77. The first-order chi connectivity index (χ1) is 7.77. The average molecular weight is 216 g/mol. The zero-order chi connectivity index (χ0) is 11.4. The smallest absolute Gasteiger partial charge is 0.271 e. The zero-order valence-electron chi connectivity index (χ0n) is 8.20. The maximum absolute atomic E-state index is 11.1. The summed E-state index contributed by atoms with van der Waals surface area (Å²) < 4.78 is 5.38. The molecule has 1 amide bonds. The van der Waals surface area contributed by atoms with Crippen LogP contribution < -0.4 is 10.5 Å². The van der Waals surface area contributed by atoms with Crippen LogP contribution in [-0.4, -0.2) is 20.9 Å². The van der Waals surface area contributed by atoms with Gasteiger partial charge in [-0.05, 0) is 12.1 Å². The van der Waals surface area contributed by atoms with E-state index in [4.69, 9.17) is 10.5 Å². The summed E-state index contributed by atoms with van der Waals surface area (Å²) >= 11 is 0. The quantitative estimate of drug-likeness (QED) is 0.817. The molecule has 2 aromatic rings. The number of pyridine rings is 1. The first-order valence-electron chi connectivity index (χ1n) is 4.45. The second-order valence-corrected chi connectivity index (χ2v) is 2.89. The van der Waals surface area contributed by atoms with Crippen molar-refractivity contribution in [3.05, 3.63) is 42.7 Å². The normalized spacial score (nSPS) is 9.75. The number of aromatic nitrogens is 3. The van der Waals surface area contributed by atoms with Crippen molar-refractivity contribution in [2.24, 2.45) is 5.73 Å². The highest BCUT2D eigenvalue weighted by molar-refractivity contribution is 5.93. The lowest BCUT2D eigenvalue weighted by Crippen LogP contribution is -2.14. The van der Waals surface area contributed by atoms with Gasteiger partial charge in [-0.3, -0.25) is 4.79 Å². The fourth-order valence-corrected chi connectivity index (χ4v) is 1.12. The van der Waals surface area contributed by atoms with Gasteiger partial charge in [-0.25, -0.2) is 15.0 Å². The molecule has 0 fully saturated rings. The monoisotopic (exact) mass is 216 g/mol. The summed E-state index contributed by atoms with van der Waals surface area (Å²) in [4.78, 5) is 22.5. The Morgan fingerprint density at radius 2 is 2.06 bits per heavy atom. The van der Waals surface area contributed by atoms with Crippen molar-refractivity contribution in [3.63, 3.8) is 0 Å². The predicted octanol–water partition coefficient (Wildman–Crippen LogP) is 0.763. The summed E-state index contributed by atoms with van der Waals surface area (Å²) in [6.07, 6.45) is 5.80. The van der Waals surface area contributed by atoms with Gasteiger partial charge >= 0.3 is 0 Å². The molecule has 16 heavy (non-hydrogen) atoms. The number of hydrogen-bond acceptors (Lipinski definition) is 5. The maximum Gasteiger partial charge on any atom is 0.271 e. The fourth-order valence-electron chi connectivity index (χ4n) is 1.12. The highest BCUT2D eigenvalue weighted by Crippen LogP contribution is 2.21. The second-order valence-electron chi connectivity index (χ2n) is 2.89. The van der Waals surface area contributed by atoms with Gasteiger partial charge in [-0.1, -0.05) is 0 Å². The number of primary amides is 1. The summed E-state index contributed by atoms with van der Waals surface area (Å²) in [5, 5.41) is 0. The number of hydrogen-bond donors (Lipinski definition) is 1. The fraction of sp³-hybridized carbons (Fsp3) is 0. The first-order valence-corrected chi connectivity index (χ1v) is 4.45. The molecule has 0 aromatic carbocycles. The Hall–Kier alpha value is -2.50. The van der Waals surface area contributed by atoms with Crippen LogP contribution in [0.15, 0.2) is 37.1 Å². The number of nitrogens with two attached hydrogens (primary N) is 1. The van der Waals surface area contributed by atoms with Gasteiger partial charge < -0.3 is 10.5 Å². The van der Waals surface area contributed by atoms with Crippen molar-refractivity contribution in [2.45, 2.75) is 0 Å². The number of carbonyl (C=O) groups is 1. The molecular formula is C10H8N4O2. The highest BCUT2D eigenvalue weighted by atomic mass is 16.5. The molecule has 0 atom stereocenters. The van der Waals surface area contributed by atoms with Gasteiger partial charge in [0.05, 0.1) is 12.4 Å². The molecule has 80 valence electrons. The van der Waals surface area contributed by atoms with Gasteiger partial charge in [-0.15, -0.1) is 0 Å². The number of nitrogens with zero attached hydrogens (tertiary/aromatic N) is 3. The molecule has 2 aromatic heterocycles. The van der Waals surface area contributed by atoms with Gasteiger partial charge in [0.2, 0.25) is 0 Å². The molecule has 2 N–H and O–H groups in total. The lowest BCUT2D eigenvalue weighted by atomic mass is 10.3. The van der Waals surface area contributed by atoms with E-state index in [0.29, 0.717) is 5.75 Å². The van der Waals surface area contributed by atoms with Crippen LogP contribution in [0.1, 0.15) is 10.5 Å². The van der Waals surface area contributed by atoms with E-state index in [1.165, 1.54) is 24.9 Å². The molecule has 0 bridgehead atoms. The van der Waals surface area contributed by atoms with E-state index in [2.05, 4.69) is 15.0 Å². The molecule has 0 aliphatic rings. The summed E-state index contributed by atoms with van der Waals surface area (Å²) in [5.41, 5.74) is 5.23. The van der Waals surface area contributed by atoms with Crippen molar-refractivity contribution in [3.8, 4) is 11.5 Å². The van der Waals surface area contributed by atoms with Crippen molar-refractivity contribution >= 4 is 5.91 Å². The van der Waals surface area contributed by atoms with Crippen molar-refractivity contribution < 1.29 is 9.53 Å². The Balaban J connectivity index is 2.31. The van der Waals surface area contributed by atoms with E-state index in [1.807, 2.05) is 0 Å². The summed E-state index contributed by atoms with van der Waals surface area (Å²) in [6, 6.07) is 3.24. The Labute approximate surface area is 91.1 Å². The van der Waals surface area contributed by atoms with Crippen LogP contribution in [0.3, 0.4) is 0 Å². The summed E-state index contributed by atoms with van der Waals surface area (Å²) in [6.45, 7) is 0. The van der Waals surface area contributed by atoms with Gasteiger partial charge in [0.25, 0.3) is 5.91 Å². The Kier molecular flexibility index (Phi) is 2.73. The maximum atomic E-state index is 11.1. The third kappa shape index (κ3) is 2.11. The SMILES string of the molecule is NC(=O)c1ncccc1Oc1cncnc1. The molecular weight excluding hydrogens is 208 g/mol. The number of rotatable bonds is 3. The zero-order valence-corrected chi connectivity index (χ0v) is 8.20. The average Bonchev–Trinajstić information content (AvgIpc) is 2.31. The summed E-state index contributed by atoms with van der Waals surface area (Å²) in [7, 11) is 0. The largest absolute Gasteiger partial charge is 0.452 e. The van der Waals surface area contributed by atoms with Crippen LogP contribution in [0.5, 0.6) is 11.5 Å². The van der Waals surface area contributed by atoms with E-state index >= 15 is 0 Å². The molecule has 6 heteroatoms. The lowest BCUT2D eigenvalue weighted by molar-refractivity contribution is 0.0993. The standard InChI is InChI=1S/C10H8N4O2/c11-10(15)9-8(2-1-3-14-9)16-7-4-12-6-13-5-7/h1-6H,(H2,11,15). The van der Waals surface area contributed by atoms with Crippen LogP contribution in [0.4, 0.5) is 0 Å². The predicted molar refractivity (Wildman–Crippen MR) is 54.9 cm³/mol. The van der Waals surface area contributed by atoms with Crippen LogP contribution in [0.2, 0.25) is 0 Å². The van der Waals surface area contributed by atoms with Crippen molar-refractivity contribution in [2.75, 3.05) is 0 Å². The molecule has 2 heterocycles. The Morgan fingerprint density at radius 3 is 2.75 bits per heavy atom. The van der Waals surface area contributed by atoms with Gasteiger partial charge in [0.15, 0.2) is 17.2 Å². The Bertz CT molecular complexity index is 501. The Morgan fingerprint density at radius 1 is 1.31 bits per heavy atom. The van der Waals surface area contributed by atoms with Gasteiger partial charge in [0, 0.05) is 6.20 Å². The van der Waals surface area contributed by atoms with Crippen LogP contribution in [0.25, 0.3) is 0 Å². The van der Waals surface area contributed by atoms with Crippen LogP contribution in [0, 0.1) is 0 Å². The van der Waals surface area contributed by atoms with Gasteiger partial charge in [0.1, 0.15) is 6.33 Å². The van der Waals surface area contributed by atoms with E-state index in [1.54, 1.807) is 12.1 Å². The minimum atomic E-state index is -0.646. The van der Waals surface area contributed by atoms with Crippen molar-refractivity contribution in [1.82, 2.24) is 15.0 Å². The van der Waals surface area contributed by atoms with Crippen LogP contribution in [-0.2, 0) is 0 Å². The third-order valence-corrected chi connectivity index (χ3v) is 1.77. The highest BCUT2D eigenvalue weighted by Gasteiger charge is 2.10. The number of ether oxygens (including phenoxy) is 1. The lowest BCUT2D eigenvalue weighted by Gasteiger charge is -2.06. The molecule has 6 nitrogen and oxygen atoms in total. The van der Waals surface area contributed by atoms with Crippen LogP contribution >= 0.6 is 0 Å². The molecule has 0 unspecified atom stereocenters. The first kappa shape index (κ1) is 10.0. The van der Waals surface area contributed by atoms with Crippen molar-refractivity contribution in [1.29, 1.82) is 0 Å².